The Morgan fingerprint density at radius 3 is 2.73 bits per heavy atom. The van der Waals surface area contributed by atoms with E-state index in [0.717, 1.165) is 11.2 Å². The van der Waals surface area contributed by atoms with Crippen LogP contribution in [0.15, 0.2) is 41.6 Å². The van der Waals surface area contributed by atoms with Gasteiger partial charge in [0.1, 0.15) is 22.8 Å². The smallest absolute Gasteiger partial charge is 0.290 e. The van der Waals surface area contributed by atoms with Crippen LogP contribution in [-0.4, -0.2) is 35.7 Å². The Labute approximate surface area is 151 Å². The Kier molecular flexibility index (Phi) is 4.88. The second-order valence-corrected chi connectivity index (χ2v) is 5.79. The number of hydrogen-bond donors (Lipinski definition) is 1. The Morgan fingerprint density at radius 2 is 2.00 bits per heavy atom. The largest absolute Gasteiger partial charge is 0.497 e. The van der Waals surface area contributed by atoms with Gasteiger partial charge >= 0.3 is 0 Å². The average Bonchev–Trinajstić information content (AvgIpc) is 2.96. The molecule has 1 N–H and O–H groups in total. The molecular formula is C19H20N4O3. The molecular weight excluding hydrogens is 332 g/mol. The minimum atomic E-state index is -0.336. The normalized spacial score (nSPS) is 11.1. The van der Waals surface area contributed by atoms with Crippen molar-refractivity contribution in [1.29, 1.82) is 0 Å². The molecule has 0 fully saturated rings. The van der Waals surface area contributed by atoms with Gasteiger partial charge in [-0.2, -0.15) is 5.10 Å². The summed E-state index contributed by atoms with van der Waals surface area (Å²) in [6.45, 7) is 3.78. The van der Waals surface area contributed by atoms with E-state index in [2.05, 4.69) is 15.5 Å². The fourth-order valence-corrected chi connectivity index (χ4v) is 2.69. The molecule has 0 unspecified atom stereocenters. The molecule has 2 aromatic heterocycles. The van der Waals surface area contributed by atoms with Crippen molar-refractivity contribution in [3.8, 4) is 11.5 Å². The number of benzene rings is 1. The standard InChI is InChI=1S/C19H20N4O3/c1-12-7-8-23-17(9-12)21-13(2)18(23)19(24)22-20-11-14-10-15(25-3)5-6-16(14)26-4/h5-11H,1-4H3,(H,22,24)/b20-11+. The SMILES string of the molecule is COc1ccc(OC)c(/C=N/NC(=O)c2c(C)nc3cc(C)ccn23)c1. The van der Waals surface area contributed by atoms with Crippen LogP contribution in [0.1, 0.15) is 27.3 Å². The van der Waals surface area contributed by atoms with Gasteiger partial charge in [-0.3, -0.25) is 9.20 Å². The molecule has 0 bridgehead atoms. The molecule has 1 aromatic carbocycles. The van der Waals surface area contributed by atoms with Crippen LogP contribution in [0.25, 0.3) is 5.65 Å². The van der Waals surface area contributed by atoms with Crippen molar-refractivity contribution in [3.63, 3.8) is 0 Å². The number of carbonyl (C=O) groups is 1. The van der Waals surface area contributed by atoms with Gasteiger partial charge < -0.3 is 9.47 Å². The van der Waals surface area contributed by atoms with Crippen LogP contribution in [0.5, 0.6) is 11.5 Å². The predicted molar refractivity (Wildman–Crippen MR) is 99.3 cm³/mol. The molecule has 1 amide bonds. The number of ether oxygens (including phenoxy) is 2. The van der Waals surface area contributed by atoms with Gasteiger partial charge in [0, 0.05) is 11.8 Å². The third-order valence-electron chi connectivity index (χ3n) is 3.98. The zero-order valence-corrected chi connectivity index (χ0v) is 15.1. The Balaban J connectivity index is 1.83. The molecule has 7 nitrogen and oxygen atoms in total. The first-order valence-electron chi connectivity index (χ1n) is 8.04. The zero-order chi connectivity index (χ0) is 18.7. The molecule has 0 atom stereocenters. The Hall–Kier alpha value is -3.35. The number of aromatic nitrogens is 2. The van der Waals surface area contributed by atoms with Gasteiger partial charge in [-0.1, -0.05) is 0 Å². The number of pyridine rings is 1. The van der Waals surface area contributed by atoms with E-state index in [1.54, 1.807) is 43.7 Å². The monoisotopic (exact) mass is 352 g/mol. The van der Waals surface area contributed by atoms with E-state index in [4.69, 9.17) is 9.47 Å². The first-order chi connectivity index (χ1) is 12.5. The van der Waals surface area contributed by atoms with Gasteiger partial charge in [-0.25, -0.2) is 10.4 Å². The van der Waals surface area contributed by atoms with E-state index in [1.807, 2.05) is 25.3 Å². The third kappa shape index (κ3) is 3.37. The molecule has 0 saturated heterocycles. The number of rotatable bonds is 5. The summed E-state index contributed by atoms with van der Waals surface area (Å²) in [5.74, 6) is 0.966. The minimum absolute atomic E-state index is 0.336. The number of hydrogen-bond acceptors (Lipinski definition) is 5. The second kappa shape index (κ2) is 7.26. The van der Waals surface area contributed by atoms with Gasteiger partial charge in [0.2, 0.25) is 0 Å². The molecule has 0 aliphatic carbocycles. The van der Waals surface area contributed by atoms with Crippen LogP contribution < -0.4 is 14.9 Å². The average molecular weight is 352 g/mol. The highest BCUT2D eigenvalue weighted by molar-refractivity contribution is 5.95. The summed E-state index contributed by atoms with van der Waals surface area (Å²) in [7, 11) is 3.15. The lowest BCUT2D eigenvalue weighted by Crippen LogP contribution is -2.20. The summed E-state index contributed by atoms with van der Waals surface area (Å²) in [5.41, 5.74) is 6.14. The van der Waals surface area contributed by atoms with Gasteiger partial charge in [0.25, 0.3) is 5.91 Å². The van der Waals surface area contributed by atoms with Crippen LogP contribution in [0.2, 0.25) is 0 Å². The van der Waals surface area contributed by atoms with Crippen molar-refractivity contribution in [2.45, 2.75) is 13.8 Å². The predicted octanol–water partition coefficient (Wildman–Crippen LogP) is 2.73. The van der Waals surface area contributed by atoms with Gasteiger partial charge in [0.05, 0.1) is 26.1 Å². The minimum Gasteiger partial charge on any atom is -0.497 e. The number of nitrogens with zero attached hydrogens (tertiary/aromatic N) is 3. The number of nitrogens with one attached hydrogen (secondary N) is 1. The van der Waals surface area contributed by atoms with Crippen molar-refractivity contribution in [1.82, 2.24) is 14.8 Å². The summed E-state index contributed by atoms with van der Waals surface area (Å²) >= 11 is 0. The molecule has 3 aromatic rings. The lowest BCUT2D eigenvalue weighted by Gasteiger charge is -2.07. The number of fused-ring (bicyclic) bond motifs is 1. The van der Waals surface area contributed by atoms with Crippen molar-refractivity contribution < 1.29 is 14.3 Å². The number of imidazole rings is 1. The second-order valence-electron chi connectivity index (χ2n) is 5.79. The van der Waals surface area contributed by atoms with Gasteiger partial charge in [0.15, 0.2) is 0 Å². The number of amides is 1. The Bertz CT molecular complexity index is 992. The summed E-state index contributed by atoms with van der Waals surface area (Å²) in [5, 5.41) is 4.05. The lowest BCUT2D eigenvalue weighted by atomic mass is 10.2. The summed E-state index contributed by atoms with van der Waals surface area (Å²) in [6.07, 6.45) is 3.34. The van der Waals surface area contributed by atoms with E-state index in [9.17, 15) is 4.79 Å². The number of methoxy groups -OCH3 is 2. The van der Waals surface area contributed by atoms with Crippen molar-refractivity contribution in [2.75, 3.05) is 14.2 Å². The van der Waals surface area contributed by atoms with Crippen molar-refractivity contribution >= 4 is 17.8 Å². The van der Waals surface area contributed by atoms with E-state index in [-0.39, 0.29) is 5.91 Å². The van der Waals surface area contributed by atoms with Crippen LogP contribution in [-0.2, 0) is 0 Å². The van der Waals surface area contributed by atoms with Crippen LogP contribution in [0.3, 0.4) is 0 Å². The molecule has 0 aliphatic heterocycles. The Morgan fingerprint density at radius 1 is 1.19 bits per heavy atom. The van der Waals surface area contributed by atoms with Crippen molar-refractivity contribution in [2.24, 2.45) is 5.10 Å². The maximum Gasteiger partial charge on any atom is 0.290 e. The van der Waals surface area contributed by atoms with Gasteiger partial charge in [-0.15, -0.1) is 0 Å². The van der Waals surface area contributed by atoms with Crippen LogP contribution in [0.4, 0.5) is 0 Å². The highest BCUT2D eigenvalue weighted by Gasteiger charge is 2.16. The van der Waals surface area contributed by atoms with E-state index >= 15 is 0 Å². The summed E-state index contributed by atoms with van der Waals surface area (Å²) < 4.78 is 12.2. The van der Waals surface area contributed by atoms with Gasteiger partial charge in [-0.05, 0) is 49.7 Å². The summed E-state index contributed by atoms with van der Waals surface area (Å²) in [4.78, 5) is 17.0. The number of aryl methyl sites for hydroxylation is 2. The topological polar surface area (TPSA) is 77.2 Å². The van der Waals surface area contributed by atoms with Crippen molar-refractivity contribution in [3.05, 3.63) is 59.0 Å². The molecule has 134 valence electrons. The maximum atomic E-state index is 12.6. The molecule has 0 saturated carbocycles. The quantitative estimate of drug-likeness (QED) is 0.566. The number of carbonyl (C=O) groups excluding carboxylic acids is 1. The zero-order valence-electron chi connectivity index (χ0n) is 15.1. The highest BCUT2D eigenvalue weighted by atomic mass is 16.5. The number of hydrazone groups is 1. The first kappa shape index (κ1) is 17.5. The van der Waals surface area contributed by atoms with E-state index in [0.29, 0.717) is 28.5 Å². The van der Waals surface area contributed by atoms with E-state index in [1.165, 1.54) is 6.21 Å². The maximum absolute atomic E-state index is 12.6. The van der Waals surface area contributed by atoms with Crippen LogP contribution >= 0.6 is 0 Å². The van der Waals surface area contributed by atoms with Crippen LogP contribution in [0, 0.1) is 13.8 Å². The fraction of sp³-hybridized carbons (Fsp3) is 0.211. The molecule has 2 heterocycles. The molecule has 0 radical (unpaired) electrons. The molecule has 3 rings (SSSR count). The third-order valence-corrected chi connectivity index (χ3v) is 3.98. The summed E-state index contributed by atoms with van der Waals surface area (Å²) in [6, 6.07) is 9.19. The van der Waals surface area contributed by atoms with E-state index < -0.39 is 0 Å². The molecule has 0 spiro atoms. The molecule has 7 heteroatoms. The fourth-order valence-electron chi connectivity index (χ4n) is 2.69. The first-order valence-corrected chi connectivity index (χ1v) is 8.04. The lowest BCUT2D eigenvalue weighted by molar-refractivity contribution is 0.0948. The highest BCUT2D eigenvalue weighted by Crippen LogP contribution is 2.22. The molecule has 0 aliphatic rings. The molecule has 26 heavy (non-hydrogen) atoms.